The predicted octanol–water partition coefficient (Wildman–Crippen LogP) is 1.25. The smallest absolute Gasteiger partial charge is 0.243 e. The Morgan fingerprint density at radius 3 is 2.50 bits per heavy atom. The summed E-state index contributed by atoms with van der Waals surface area (Å²) in [5.41, 5.74) is 5.86. The monoisotopic (exact) mass is 334 g/mol. The first kappa shape index (κ1) is 15.1. The van der Waals surface area contributed by atoms with Crippen LogP contribution in [0.2, 0.25) is 0 Å². The van der Waals surface area contributed by atoms with Gasteiger partial charge in [-0.15, -0.1) is 0 Å². The van der Waals surface area contributed by atoms with Gasteiger partial charge in [0.05, 0.1) is 11.4 Å². The molecular weight excluding hydrogens is 320 g/mol. The molecule has 0 saturated heterocycles. The average molecular weight is 335 g/mol. The summed E-state index contributed by atoms with van der Waals surface area (Å²) in [6, 6.07) is 4.72. The molecule has 18 heavy (non-hydrogen) atoms. The number of carbonyl (C=O) groups excluding carboxylic acids is 1. The summed E-state index contributed by atoms with van der Waals surface area (Å²) >= 11 is 3.31. The van der Waals surface area contributed by atoms with Gasteiger partial charge in [0.25, 0.3) is 0 Å². The van der Waals surface area contributed by atoms with Crippen LogP contribution in [0.5, 0.6) is 0 Å². The number of halogens is 1. The number of aryl methyl sites for hydroxylation is 1. The molecule has 1 aromatic carbocycles. The lowest BCUT2D eigenvalue weighted by Gasteiger charge is -2.19. The molecule has 0 fully saturated rings. The molecule has 2 N–H and O–H groups in total. The molecule has 0 saturated carbocycles. The van der Waals surface area contributed by atoms with Crippen molar-refractivity contribution in [2.24, 2.45) is 5.73 Å². The number of hydrogen-bond donors (Lipinski definition) is 1. The Balaban J connectivity index is 3.18. The second-order valence-corrected chi connectivity index (χ2v) is 6.60. The number of nitrogens with zero attached hydrogens (tertiary/aromatic N) is 1. The minimum Gasteiger partial charge on any atom is -0.369 e. The Morgan fingerprint density at radius 1 is 1.44 bits per heavy atom. The number of primary amides is 1. The van der Waals surface area contributed by atoms with Crippen LogP contribution in [0.25, 0.3) is 0 Å². The topological polar surface area (TPSA) is 80.5 Å². The van der Waals surface area contributed by atoms with Crippen LogP contribution in [0.15, 0.2) is 27.6 Å². The van der Waals surface area contributed by atoms with Gasteiger partial charge < -0.3 is 5.73 Å². The fraction of sp³-hybridized carbons (Fsp3) is 0.364. The molecule has 0 aliphatic rings. The Bertz CT molecular complexity index is 557. The first-order valence-electron chi connectivity index (χ1n) is 5.33. The van der Waals surface area contributed by atoms with Crippen molar-refractivity contribution in [3.8, 4) is 0 Å². The number of likely N-dealkylation sites (N-methyl/N-ethyl adjacent to an activating group) is 1. The van der Waals surface area contributed by atoms with Gasteiger partial charge in [0, 0.05) is 11.0 Å². The van der Waals surface area contributed by atoms with E-state index in [0.29, 0.717) is 0 Å². The molecule has 1 aromatic rings. The Kier molecular flexibility index (Phi) is 4.89. The molecule has 7 heteroatoms. The lowest BCUT2D eigenvalue weighted by atomic mass is 10.2. The quantitative estimate of drug-likeness (QED) is 0.879. The van der Waals surface area contributed by atoms with Gasteiger partial charge in [0.1, 0.15) is 0 Å². The molecule has 5 nitrogen and oxygen atoms in total. The molecule has 0 heterocycles. The highest BCUT2D eigenvalue weighted by molar-refractivity contribution is 9.10. The SMILES string of the molecule is CCN(CC(N)=O)S(=O)(=O)c1ccc(Br)c(C)c1. The van der Waals surface area contributed by atoms with Crippen molar-refractivity contribution in [3.05, 3.63) is 28.2 Å². The van der Waals surface area contributed by atoms with E-state index in [1.54, 1.807) is 26.0 Å². The summed E-state index contributed by atoms with van der Waals surface area (Å²) in [6.07, 6.45) is 0. The first-order chi connectivity index (χ1) is 8.28. The number of nitrogens with two attached hydrogens (primary N) is 1. The maximum Gasteiger partial charge on any atom is 0.243 e. The third kappa shape index (κ3) is 3.30. The third-order valence-corrected chi connectivity index (χ3v) is 5.26. The fourth-order valence-corrected chi connectivity index (χ4v) is 3.21. The van der Waals surface area contributed by atoms with Gasteiger partial charge in [0.2, 0.25) is 15.9 Å². The van der Waals surface area contributed by atoms with Crippen LogP contribution in [0, 0.1) is 6.92 Å². The van der Waals surface area contributed by atoms with E-state index in [9.17, 15) is 13.2 Å². The van der Waals surface area contributed by atoms with Gasteiger partial charge in [-0.2, -0.15) is 4.31 Å². The average Bonchev–Trinajstić information content (AvgIpc) is 2.28. The Morgan fingerprint density at radius 2 is 2.06 bits per heavy atom. The molecule has 0 bridgehead atoms. The van der Waals surface area contributed by atoms with Crippen molar-refractivity contribution in [1.29, 1.82) is 0 Å². The lowest BCUT2D eigenvalue weighted by molar-refractivity contribution is -0.118. The van der Waals surface area contributed by atoms with E-state index >= 15 is 0 Å². The second-order valence-electron chi connectivity index (χ2n) is 3.81. The highest BCUT2D eigenvalue weighted by Gasteiger charge is 2.24. The van der Waals surface area contributed by atoms with Crippen LogP contribution < -0.4 is 5.73 Å². The van der Waals surface area contributed by atoms with Crippen molar-refractivity contribution in [2.75, 3.05) is 13.1 Å². The number of rotatable bonds is 5. The second kappa shape index (κ2) is 5.81. The van der Waals surface area contributed by atoms with E-state index in [-0.39, 0.29) is 18.0 Å². The van der Waals surface area contributed by atoms with Gasteiger partial charge in [0.15, 0.2) is 0 Å². The highest BCUT2D eigenvalue weighted by atomic mass is 79.9. The zero-order chi connectivity index (χ0) is 13.9. The third-order valence-electron chi connectivity index (χ3n) is 2.45. The van der Waals surface area contributed by atoms with E-state index in [0.717, 1.165) is 14.3 Å². The van der Waals surface area contributed by atoms with E-state index in [2.05, 4.69) is 15.9 Å². The number of benzene rings is 1. The van der Waals surface area contributed by atoms with Gasteiger partial charge >= 0.3 is 0 Å². The Hall–Kier alpha value is -0.920. The maximum absolute atomic E-state index is 12.3. The summed E-state index contributed by atoms with van der Waals surface area (Å²) in [7, 11) is -3.67. The normalized spacial score (nSPS) is 11.8. The summed E-state index contributed by atoms with van der Waals surface area (Å²) in [5.74, 6) is -0.672. The summed E-state index contributed by atoms with van der Waals surface area (Å²) < 4.78 is 26.4. The van der Waals surface area contributed by atoms with E-state index in [1.165, 1.54) is 6.07 Å². The molecule has 0 atom stereocenters. The van der Waals surface area contributed by atoms with Crippen LogP contribution in [0.3, 0.4) is 0 Å². The number of carbonyl (C=O) groups is 1. The van der Waals surface area contributed by atoms with Crippen molar-refractivity contribution >= 4 is 31.9 Å². The van der Waals surface area contributed by atoms with Gasteiger partial charge in [-0.05, 0) is 30.7 Å². The summed E-state index contributed by atoms with van der Waals surface area (Å²) in [6.45, 7) is 3.34. The van der Waals surface area contributed by atoms with Gasteiger partial charge in [-0.1, -0.05) is 22.9 Å². The molecule has 0 aromatic heterocycles. The first-order valence-corrected chi connectivity index (χ1v) is 7.57. The van der Waals surface area contributed by atoms with Crippen LogP contribution in [0.4, 0.5) is 0 Å². The molecule has 0 aliphatic carbocycles. The molecule has 1 rings (SSSR count). The zero-order valence-corrected chi connectivity index (χ0v) is 12.6. The van der Waals surface area contributed by atoms with Crippen molar-refractivity contribution < 1.29 is 13.2 Å². The minimum absolute atomic E-state index is 0.159. The van der Waals surface area contributed by atoms with E-state index in [4.69, 9.17) is 5.73 Å². The van der Waals surface area contributed by atoms with Crippen molar-refractivity contribution in [2.45, 2.75) is 18.7 Å². The van der Waals surface area contributed by atoms with Crippen LogP contribution in [0.1, 0.15) is 12.5 Å². The standard InChI is InChI=1S/C11H15BrN2O3S/c1-3-14(7-11(13)15)18(16,17)9-4-5-10(12)8(2)6-9/h4-6H,3,7H2,1-2H3,(H2,13,15). The maximum atomic E-state index is 12.3. The van der Waals surface area contributed by atoms with Gasteiger partial charge in [-0.25, -0.2) is 8.42 Å². The van der Waals surface area contributed by atoms with Crippen LogP contribution in [-0.4, -0.2) is 31.7 Å². The number of amides is 1. The molecule has 1 amide bonds. The predicted molar refractivity (Wildman–Crippen MR) is 72.5 cm³/mol. The molecule has 0 aliphatic heterocycles. The summed E-state index contributed by atoms with van der Waals surface area (Å²) in [4.78, 5) is 11.0. The largest absolute Gasteiger partial charge is 0.369 e. The lowest BCUT2D eigenvalue weighted by Crippen LogP contribution is -2.38. The van der Waals surface area contributed by atoms with Crippen LogP contribution in [-0.2, 0) is 14.8 Å². The van der Waals surface area contributed by atoms with E-state index in [1.807, 2.05) is 0 Å². The molecular formula is C11H15BrN2O3S. The van der Waals surface area contributed by atoms with Crippen molar-refractivity contribution in [3.63, 3.8) is 0 Å². The van der Waals surface area contributed by atoms with Crippen molar-refractivity contribution in [1.82, 2.24) is 4.31 Å². The summed E-state index contributed by atoms with van der Waals surface area (Å²) in [5, 5.41) is 0. The zero-order valence-electron chi connectivity index (χ0n) is 10.2. The minimum atomic E-state index is -3.67. The Labute approximate surface area is 115 Å². The number of sulfonamides is 1. The van der Waals surface area contributed by atoms with Crippen LogP contribution >= 0.6 is 15.9 Å². The van der Waals surface area contributed by atoms with Gasteiger partial charge in [-0.3, -0.25) is 4.79 Å². The fourth-order valence-electron chi connectivity index (χ4n) is 1.47. The molecule has 0 spiro atoms. The molecule has 100 valence electrons. The molecule has 0 radical (unpaired) electrons. The molecule has 0 unspecified atom stereocenters. The highest BCUT2D eigenvalue weighted by Crippen LogP contribution is 2.22. The van der Waals surface area contributed by atoms with E-state index < -0.39 is 15.9 Å². The number of hydrogen-bond acceptors (Lipinski definition) is 3.